The van der Waals surface area contributed by atoms with Crippen LogP contribution in [-0.4, -0.2) is 22.5 Å². The molecule has 4 aromatic rings. The number of hydrogen-bond donors (Lipinski definition) is 1. The molecule has 2 heterocycles. The smallest absolute Gasteiger partial charge is 0.262 e. The van der Waals surface area contributed by atoms with Gasteiger partial charge in [-0.1, -0.05) is 48.5 Å². The Bertz CT molecular complexity index is 1440. The van der Waals surface area contributed by atoms with Crippen LogP contribution < -0.4 is 14.8 Å². The summed E-state index contributed by atoms with van der Waals surface area (Å²) in [6.07, 6.45) is 3.37. The zero-order chi connectivity index (χ0) is 24.2. The van der Waals surface area contributed by atoms with Crippen molar-refractivity contribution in [3.05, 3.63) is 102 Å². The van der Waals surface area contributed by atoms with E-state index < -0.39 is 5.91 Å². The van der Waals surface area contributed by atoms with Crippen LogP contribution >= 0.6 is 0 Å². The summed E-state index contributed by atoms with van der Waals surface area (Å²) in [5.74, 6) is 0.843. The van der Waals surface area contributed by atoms with Gasteiger partial charge in [-0.2, -0.15) is 10.4 Å². The van der Waals surface area contributed by atoms with Crippen LogP contribution in [0.3, 0.4) is 0 Å². The molecular weight excluding hydrogens is 440 g/mol. The van der Waals surface area contributed by atoms with Gasteiger partial charge in [0.15, 0.2) is 11.5 Å². The van der Waals surface area contributed by atoms with Crippen molar-refractivity contribution < 1.29 is 14.3 Å². The maximum absolute atomic E-state index is 13.0. The third kappa shape index (κ3) is 4.63. The summed E-state index contributed by atoms with van der Waals surface area (Å²) in [5.41, 5.74) is 3.83. The summed E-state index contributed by atoms with van der Waals surface area (Å²) in [4.78, 5) is 13.0. The molecule has 0 fully saturated rings. The summed E-state index contributed by atoms with van der Waals surface area (Å²) in [7, 11) is 0. The van der Waals surface area contributed by atoms with Gasteiger partial charge in [0, 0.05) is 17.3 Å². The van der Waals surface area contributed by atoms with Crippen molar-refractivity contribution in [2.75, 3.05) is 6.79 Å². The lowest BCUT2D eigenvalue weighted by Crippen LogP contribution is -2.27. The number of carbonyl (C=O) groups is 1. The normalized spacial score (nSPS) is 13.2. The number of ether oxygens (including phenoxy) is 2. The topological polar surface area (TPSA) is 89.2 Å². The zero-order valence-electron chi connectivity index (χ0n) is 19.0. The van der Waals surface area contributed by atoms with E-state index in [9.17, 15) is 10.1 Å². The molecule has 0 saturated heterocycles. The highest BCUT2D eigenvalue weighted by molar-refractivity contribution is 6.02. The molecule has 1 atom stereocenters. The number of fused-ring (bicyclic) bond motifs is 1. The fraction of sp³-hybridized carbons (Fsp3) is 0.107. The average Bonchev–Trinajstić information content (AvgIpc) is 3.55. The Morgan fingerprint density at radius 1 is 1.06 bits per heavy atom. The number of amides is 1. The minimum absolute atomic E-state index is 0.0117. The Morgan fingerprint density at radius 3 is 2.51 bits per heavy atom. The highest BCUT2D eigenvalue weighted by atomic mass is 16.7. The van der Waals surface area contributed by atoms with Gasteiger partial charge in [-0.05, 0) is 48.9 Å². The third-order valence-corrected chi connectivity index (χ3v) is 5.72. The van der Waals surface area contributed by atoms with Gasteiger partial charge >= 0.3 is 0 Å². The molecule has 172 valence electrons. The Hall–Kier alpha value is -4.83. The number of carbonyl (C=O) groups excluding carboxylic acids is 1. The van der Waals surface area contributed by atoms with Gasteiger partial charge in [-0.15, -0.1) is 0 Å². The first-order chi connectivity index (χ1) is 17.1. The molecule has 1 aromatic heterocycles. The second kappa shape index (κ2) is 9.57. The Balaban J connectivity index is 1.52. The standard InChI is InChI=1S/C28H22N4O3/c1-19(20-8-4-2-5-9-20)30-28(33)22(16-29)14-23-17-32(24-10-6-3-7-11-24)31-27(23)21-12-13-25-26(15-21)35-18-34-25/h2-15,17,19H,18H2,1H3,(H,30,33)/b22-14+. The number of para-hydroxylation sites is 1. The predicted octanol–water partition coefficient (Wildman–Crippen LogP) is 5.05. The minimum atomic E-state index is -0.451. The lowest BCUT2D eigenvalue weighted by Gasteiger charge is -2.13. The van der Waals surface area contributed by atoms with Crippen LogP contribution in [-0.2, 0) is 4.79 Å². The van der Waals surface area contributed by atoms with Gasteiger partial charge in [0.2, 0.25) is 6.79 Å². The minimum Gasteiger partial charge on any atom is -0.454 e. The van der Waals surface area contributed by atoms with Crippen LogP contribution in [0.15, 0.2) is 90.6 Å². The van der Waals surface area contributed by atoms with E-state index in [4.69, 9.17) is 14.6 Å². The Kier molecular flexibility index (Phi) is 6.01. The van der Waals surface area contributed by atoms with Gasteiger partial charge < -0.3 is 14.8 Å². The summed E-state index contributed by atoms with van der Waals surface area (Å²) in [6, 6.07) is 26.6. The molecule has 1 amide bonds. The van der Waals surface area contributed by atoms with Crippen LogP contribution in [0.25, 0.3) is 23.0 Å². The van der Waals surface area contributed by atoms with Crippen LogP contribution in [0.5, 0.6) is 11.5 Å². The number of rotatable bonds is 6. The fourth-order valence-corrected chi connectivity index (χ4v) is 3.88. The number of hydrogen-bond acceptors (Lipinski definition) is 5. The SMILES string of the molecule is CC(NC(=O)/C(C#N)=C/c1cn(-c2ccccc2)nc1-c1ccc2c(c1)OCO2)c1ccccc1. The molecule has 0 bridgehead atoms. The first-order valence-corrected chi connectivity index (χ1v) is 11.1. The Labute approximate surface area is 202 Å². The van der Waals surface area contributed by atoms with Crippen LogP contribution in [0, 0.1) is 11.3 Å². The number of benzene rings is 3. The summed E-state index contributed by atoms with van der Waals surface area (Å²) in [5, 5.41) is 17.5. The van der Waals surface area contributed by atoms with Crippen molar-refractivity contribution in [1.29, 1.82) is 5.26 Å². The van der Waals surface area contributed by atoms with E-state index in [2.05, 4.69) is 5.32 Å². The van der Waals surface area contributed by atoms with E-state index in [0.29, 0.717) is 22.8 Å². The number of nitrogens with zero attached hydrogens (tertiary/aromatic N) is 3. The molecule has 1 aliphatic rings. The summed E-state index contributed by atoms with van der Waals surface area (Å²) >= 11 is 0. The van der Waals surface area contributed by atoms with E-state index in [1.807, 2.05) is 91.9 Å². The molecule has 7 heteroatoms. The number of nitriles is 1. The van der Waals surface area contributed by atoms with Crippen molar-refractivity contribution in [3.63, 3.8) is 0 Å². The average molecular weight is 463 g/mol. The molecule has 1 unspecified atom stereocenters. The van der Waals surface area contributed by atoms with Crippen molar-refractivity contribution in [1.82, 2.24) is 15.1 Å². The van der Waals surface area contributed by atoms with E-state index in [1.165, 1.54) is 0 Å². The monoisotopic (exact) mass is 462 g/mol. The Morgan fingerprint density at radius 2 is 1.77 bits per heavy atom. The number of nitrogens with one attached hydrogen (secondary N) is 1. The van der Waals surface area contributed by atoms with E-state index in [0.717, 1.165) is 16.8 Å². The maximum atomic E-state index is 13.0. The lowest BCUT2D eigenvalue weighted by molar-refractivity contribution is -0.117. The van der Waals surface area contributed by atoms with E-state index in [-0.39, 0.29) is 18.4 Å². The first-order valence-electron chi connectivity index (χ1n) is 11.1. The van der Waals surface area contributed by atoms with E-state index >= 15 is 0 Å². The van der Waals surface area contributed by atoms with Crippen molar-refractivity contribution in [2.24, 2.45) is 0 Å². The third-order valence-electron chi connectivity index (χ3n) is 5.72. The highest BCUT2D eigenvalue weighted by Gasteiger charge is 2.20. The summed E-state index contributed by atoms with van der Waals surface area (Å²) < 4.78 is 12.7. The molecule has 0 radical (unpaired) electrons. The number of aromatic nitrogens is 2. The molecule has 0 spiro atoms. The zero-order valence-corrected chi connectivity index (χ0v) is 19.0. The molecule has 3 aromatic carbocycles. The van der Waals surface area contributed by atoms with Crippen molar-refractivity contribution in [2.45, 2.75) is 13.0 Å². The largest absolute Gasteiger partial charge is 0.454 e. The van der Waals surface area contributed by atoms with Gasteiger partial charge in [0.1, 0.15) is 17.3 Å². The molecular formula is C28H22N4O3. The quantitative estimate of drug-likeness (QED) is 0.320. The molecule has 35 heavy (non-hydrogen) atoms. The highest BCUT2D eigenvalue weighted by Crippen LogP contribution is 2.37. The van der Waals surface area contributed by atoms with Crippen LogP contribution in [0.4, 0.5) is 0 Å². The molecule has 1 N–H and O–H groups in total. The fourth-order valence-electron chi connectivity index (χ4n) is 3.88. The van der Waals surface area contributed by atoms with Gasteiger partial charge in [-0.25, -0.2) is 4.68 Å². The maximum Gasteiger partial charge on any atom is 0.262 e. The van der Waals surface area contributed by atoms with Crippen LogP contribution in [0.2, 0.25) is 0 Å². The molecule has 5 rings (SSSR count). The van der Waals surface area contributed by atoms with Gasteiger partial charge in [0.25, 0.3) is 5.91 Å². The molecule has 7 nitrogen and oxygen atoms in total. The van der Waals surface area contributed by atoms with E-state index in [1.54, 1.807) is 17.0 Å². The van der Waals surface area contributed by atoms with Gasteiger partial charge in [-0.3, -0.25) is 4.79 Å². The second-order valence-corrected chi connectivity index (χ2v) is 8.06. The van der Waals surface area contributed by atoms with Crippen LogP contribution in [0.1, 0.15) is 24.1 Å². The molecule has 0 aliphatic carbocycles. The summed E-state index contributed by atoms with van der Waals surface area (Å²) in [6.45, 7) is 2.05. The lowest BCUT2D eigenvalue weighted by atomic mass is 10.0. The van der Waals surface area contributed by atoms with Crippen molar-refractivity contribution in [3.8, 4) is 34.5 Å². The van der Waals surface area contributed by atoms with Gasteiger partial charge in [0.05, 0.1) is 11.7 Å². The first kappa shape index (κ1) is 22.0. The van der Waals surface area contributed by atoms with Crippen molar-refractivity contribution >= 4 is 12.0 Å². The predicted molar refractivity (Wildman–Crippen MR) is 132 cm³/mol. The molecule has 1 aliphatic heterocycles. The molecule has 0 saturated carbocycles. The second-order valence-electron chi connectivity index (χ2n) is 8.06.